The number of hydrogen-bond acceptors (Lipinski definition) is 3. The quantitative estimate of drug-likeness (QED) is 0.798. The maximum absolute atomic E-state index is 6.22. The van der Waals surface area contributed by atoms with Crippen molar-refractivity contribution in [3.8, 4) is 11.4 Å². The zero-order valence-corrected chi connectivity index (χ0v) is 14.3. The Kier molecular flexibility index (Phi) is 5.24. The molecule has 0 saturated carbocycles. The van der Waals surface area contributed by atoms with E-state index < -0.39 is 0 Å². The molecule has 2 rings (SSSR count). The lowest BCUT2D eigenvalue weighted by atomic mass is 10.2. The first-order valence-electron chi connectivity index (χ1n) is 6.32. The SMILES string of the molecule is CCNc1nc(-c2cc(Cl)ccc2Cl)nc(CC)c1Br. The molecule has 0 unspecified atom stereocenters. The molecule has 0 bridgehead atoms. The number of nitrogens with zero attached hydrogens (tertiary/aromatic N) is 2. The van der Waals surface area contributed by atoms with Gasteiger partial charge in [-0.1, -0.05) is 30.1 Å². The maximum atomic E-state index is 6.22. The first-order valence-corrected chi connectivity index (χ1v) is 7.87. The molecular weight excluding hydrogens is 361 g/mol. The van der Waals surface area contributed by atoms with Crippen LogP contribution in [-0.4, -0.2) is 16.5 Å². The number of anilines is 1. The number of aromatic nitrogens is 2. The second-order valence-corrected chi connectivity index (χ2v) is 5.80. The highest BCUT2D eigenvalue weighted by Gasteiger charge is 2.14. The molecule has 106 valence electrons. The van der Waals surface area contributed by atoms with Crippen LogP contribution in [0.4, 0.5) is 5.82 Å². The molecule has 0 atom stereocenters. The molecule has 2 aromatic rings. The van der Waals surface area contributed by atoms with E-state index in [0.717, 1.165) is 34.5 Å². The zero-order chi connectivity index (χ0) is 14.7. The minimum atomic E-state index is 0.577. The van der Waals surface area contributed by atoms with Gasteiger partial charge < -0.3 is 5.32 Å². The highest BCUT2D eigenvalue weighted by atomic mass is 79.9. The lowest BCUT2D eigenvalue weighted by molar-refractivity contribution is 0.984. The molecule has 0 amide bonds. The number of benzene rings is 1. The van der Waals surface area contributed by atoms with Gasteiger partial charge in [0.1, 0.15) is 5.82 Å². The van der Waals surface area contributed by atoms with Crippen molar-refractivity contribution in [1.29, 1.82) is 0 Å². The molecule has 6 heteroatoms. The Morgan fingerprint density at radius 2 is 1.95 bits per heavy atom. The first-order chi connectivity index (χ1) is 9.56. The lowest BCUT2D eigenvalue weighted by Crippen LogP contribution is -2.06. The third-order valence-electron chi connectivity index (χ3n) is 2.77. The number of rotatable bonds is 4. The molecule has 0 aliphatic carbocycles. The van der Waals surface area contributed by atoms with Crippen molar-refractivity contribution in [1.82, 2.24) is 9.97 Å². The lowest BCUT2D eigenvalue weighted by Gasteiger charge is -2.12. The molecule has 1 aromatic heterocycles. The van der Waals surface area contributed by atoms with Crippen LogP contribution >= 0.6 is 39.1 Å². The molecule has 1 heterocycles. The van der Waals surface area contributed by atoms with E-state index in [1.165, 1.54) is 0 Å². The minimum Gasteiger partial charge on any atom is -0.369 e. The number of halogens is 3. The van der Waals surface area contributed by atoms with Crippen LogP contribution in [0.5, 0.6) is 0 Å². The molecule has 20 heavy (non-hydrogen) atoms. The third kappa shape index (κ3) is 3.25. The van der Waals surface area contributed by atoms with Crippen LogP contribution in [0.25, 0.3) is 11.4 Å². The summed E-state index contributed by atoms with van der Waals surface area (Å²) in [7, 11) is 0. The fourth-order valence-electron chi connectivity index (χ4n) is 1.80. The van der Waals surface area contributed by atoms with Gasteiger partial charge in [0, 0.05) is 17.1 Å². The predicted molar refractivity (Wildman–Crippen MR) is 88.7 cm³/mol. The monoisotopic (exact) mass is 373 g/mol. The van der Waals surface area contributed by atoms with Gasteiger partial charge >= 0.3 is 0 Å². The van der Waals surface area contributed by atoms with Crippen LogP contribution in [0, 0.1) is 0 Å². The smallest absolute Gasteiger partial charge is 0.163 e. The summed E-state index contributed by atoms with van der Waals surface area (Å²) in [5, 5.41) is 4.42. The Morgan fingerprint density at radius 3 is 2.60 bits per heavy atom. The average molecular weight is 375 g/mol. The van der Waals surface area contributed by atoms with Crippen molar-refractivity contribution >= 4 is 44.9 Å². The van der Waals surface area contributed by atoms with Crippen molar-refractivity contribution in [2.45, 2.75) is 20.3 Å². The average Bonchev–Trinajstić information content (AvgIpc) is 2.44. The van der Waals surface area contributed by atoms with Crippen LogP contribution in [0.15, 0.2) is 22.7 Å². The predicted octanol–water partition coefficient (Wildman–Crippen LogP) is 5.21. The van der Waals surface area contributed by atoms with Crippen molar-refractivity contribution in [2.24, 2.45) is 0 Å². The van der Waals surface area contributed by atoms with Gasteiger partial charge in [0.2, 0.25) is 0 Å². The van der Waals surface area contributed by atoms with E-state index >= 15 is 0 Å². The Morgan fingerprint density at radius 1 is 1.20 bits per heavy atom. The van der Waals surface area contributed by atoms with E-state index in [2.05, 4.69) is 31.2 Å². The van der Waals surface area contributed by atoms with Gasteiger partial charge in [-0.25, -0.2) is 9.97 Å². The highest BCUT2D eigenvalue weighted by Crippen LogP contribution is 2.32. The van der Waals surface area contributed by atoms with Gasteiger partial charge in [-0.2, -0.15) is 0 Å². The standard InChI is InChI=1S/C14H14BrCl2N3/c1-3-11-12(15)14(18-4-2)20-13(19-11)9-7-8(16)5-6-10(9)17/h5-7H,3-4H2,1-2H3,(H,18,19,20). The zero-order valence-electron chi connectivity index (χ0n) is 11.2. The summed E-state index contributed by atoms with van der Waals surface area (Å²) in [6.07, 6.45) is 0.798. The number of nitrogens with one attached hydrogen (secondary N) is 1. The summed E-state index contributed by atoms with van der Waals surface area (Å²) < 4.78 is 0.892. The normalized spacial score (nSPS) is 10.7. The second-order valence-electron chi connectivity index (χ2n) is 4.16. The largest absolute Gasteiger partial charge is 0.369 e. The van der Waals surface area contributed by atoms with Crippen LogP contribution in [0.1, 0.15) is 19.5 Å². The Labute approximate surface area is 136 Å². The molecule has 3 nitrogen and oxygen atoms in total. The molecule has 0 aliphatic rings. The fourth-order valence-corrected chi connectivity index (χ4v) is 2.77. The van der Waals surface area contributed by atoms with Crippen molar-refractivity contribution < 1.29 is 0 Å². The van der Waals surface area contributed by atoms with Crippen molar-refractivity contribution in [3.05, 3.63) is 38.4 Å². The summed E-state index contributed by atoms with van der Waals surface area (Å²) in [6, 6.07) is 5.28. The summed E-state index contributed by atoms with van der Waals surface area (Å²) in [5.74, 6) is 1.35. The minimum absolute atomic E-state index is 0.577. The molecule has 1 N–H and O–H groups in total. The maximum Gasteiger partial charge on any atom is 0.163 e. The third-order valence-corrected chi connectivity index (χ3v) is 4.17. The van der Waals surface area contributed by atoms with E-state index in [1.54, 1.807) is 18.2 Å². The van der Waals surface area contributed by atoms with Crippen LogP contribution in [-0.2, 0) is 6.42 Å². The van der Waals surface area contributed by atoms with Gasteiger partial charge in [-0.3, -0.25) is 0 Å². The Balaban J connectivity index is 2.61. The van der Waals surface area contributed by atoms with Crippen molar-refractivity contribution in [3.63, 3.8) is 0 Å². The summed E-state index contributed by atoms with van der Waals surface area (Å²) in [6.45, 7) is 4.85. The second kappa shape index (κ2) is 6.74. The van der Waals surface area contributed by atoms with Gasteiger partial charge in [0.15, 0.2) is 5.82 Å². The van der Waals surface area contributed by atoms with Crippen LogP contribution in [0.2, 0.25) is 10.0 Å². The molecule has 0 aliphatic heterocycles. The van der Waals surface area contributed by atoms with E-state index in [-0.39, 0.29) is 0 Å². The number of hydrogen-bond donors (Lipinski definition) is 1. The summed E-state index contributed by atoms with van der Waals surface area (Å²) in [5.41, 5.74) is 1.67. The molecule has 0 spiro atoms. The van der Waals surface area contributed by atoms with Gasteiger partial charge in [-0.05, 0) is 47.5 Å². The molecular formula is C14H14BrCl2N3. The van der Waals surface area contributed by atoms with E-state index in [1.807, 2.05) is 13.8 Å². The van der Waals surface area contributed by atoms with E-state index in [0.29, 0.717) is 15.9 Å². The van der Waals surface area contributed by atoms with Crippen molar-refractivity contribution in [2.75, 3.05) is 11.9 Å². The number of aryl methyl sites for hydroxylation is 1. The fraction of sp³-hybridized carbons (Fsp3) is 0.286. The van der Waals surface area contributed by atoms with E-state index in [9.17, 15) is 0 Å². The molecule has 0 radical (unpaired) electrons. The van der Waals surface area contributed by atoms with Crippen LogP contribution in [0.3, 0.4) is 0 Å². The molecule has 1 aromatic carbocycles. The van der Waals surface area contributed by atoms with Gasteiger partial charge in [0.25, 0.3) is 0 Å². The highest BCUT2D eigenvalue weighted by molar-refractivity contribution is 9.10. The summed E-state index contributed by atoms with van der Waals surface area (Å²) >= 11 is 15.8. The van der Waals surface area contributed by atoms with E-state index in [4.69, 9.17) is 23.2 Å². The van der Waals surface area contributed by atoms with Gasteiger partial charge in [-0.15, -0.1) is 0 Å². The molecule has 0 fully saturated rings. The van der Waals surface area contributed by atoms with Gasteiger partial charge in [0.05, 0.1) is 15.2 Å². The summed E-state index contributed by atoms with van der Waals surface area (Å²) in [4.78, 5) is 9.10. The first kappa shape index (κ1) is 15.5. The molecule has 0 saturated heterocycles. The topological polar surface area (TPSA) is 37.8 Å². The Hall–Kier alpha value is -0.840. The Bertz CT molecular complexity index is 632. The van der Waals surface area contributed by atoms with Crippen LogP contribution < -0.4 is 5.32 Å².